The normalized spacial score (nSPS) is 21.1. The van der Waals surface area contributed by atoms with Crippen LogP contribution in [0.4, 0.5) is 0 Å². The maximum absolute atomic E-state index is 12.8. The molecule has 4 nitrogen and oxygen atoms in total. The van der Waals surface area contributed by atoms with Gasteiger partial charge in [-0.1, -0.05) is 32.6 Å². The number of unbranched alkanes of at least 4 members (excludes halogenated alkanes) is 1. The largest absolute Gasteiger partial charge is 0.353 e. The van der Waals surface area contributed by atoms with Crippen molar-refractivity contribution in [3.63, 3.8) is 0 Å². The predicted octanol–water partition coefficient (Wildman–Crippen LogP) is 2.99. The van der Waals surface area contributed by atoms with E-state index >= 15 is 0 Å². The van der Waals surface area contributed by atoms with Crippen LogP contribution in [0.15, 0.2) is 18.3 Å². The van der Waals surface area contributed by atoms with Crippen LogP contribution in [0.1, 0.15) is 63.6 Å². The van der Waals surface area contributed by atoms with Crippen LogP contribution >= 0.6 is 0 Å². The maximum Gasteiger partial charge on any atom is 0.240 e. The zero-order valence-electron chi connectivity index (χ0n) is 13.4. The molecule has 0 bridgehead atoms. The summed E-state index contributed by atoms with van der Waals surface area (Å²) < 4.78 is 2.13. The summed E-state index contributed by atoms with van der Waals surface area (Å²) in [6.45, 7) is 2.98. The molecule has 1 unspecified atom stereocenters. The molecule has 1 amide bonds. The first kappa shape index (κ1) is 16.1. The number of carbonyl (C=O) groups is 1. The van der Waals surface area contributed by atoms with Gasteiger partial charge in [-0.15, -0.1) is 0 Å². The van der Waals surface area contributed by atoms with Crippen molar-refractivity contribution in [2.75, 3.05) is 6.54 Å². The predicted molar refractivity (Wildman–Crippen MR) is 85.8 cm³/mol. The maximum atomic E-state index is 12.8. The lowest BCUT2D eigenvalue weighted by atomic mass is 10.0. The molecule has 1 fully saturated rings. The fraction of sp³-hybridized carbons (Fsp3) is 0.706. The van der Waals surface area contributed by atoms with Crippen molar-refractivity contribution >= 4 is 5.91 Å². The number of hydrogen-bond donors (Lipinski definition) is 1. The van der Waals surface area contributed by atoms with Gasteiger partial charge in [-0.05, 0) is 31.4 Å². The SMILES string of the molecule is CCCC[C@H](N)C(=O)N1CCCCCC1c1cccn1C. The van der Waals surface area contributed by atoms with Crippen LogP contribution in [-0.4, -0.2) is 28.0 Å². The molecule has 4 heteroatoms. The molecule has 0 saturated carbocycles. The van der Waals surface area contributed by atoms with Gasteiger partial charge in [0.1, 0.15) is 0 Å². The van der Waals surface area contributed by atoms with Gasteiger partial charge < -0.3 is 15.2 Å². The van der Waals surface area contributed by atoms with Gasteiger partial charge in [0.2, 0.25) is 5.91 Å². The highest BCUT2D eigenvalue weighted by Gasteiger charge is 2.30. The van der Waals surface area contributed by atoms with Crippen LogP contribution < -0.4 is 5.73 Å². The molecule has 1 aliphatic heterocycles. The zero-order valence-corrected chi connectivity index (χ0v) is 13.4. The molecule has 21 heavy (non-hydrogen) atoms. The molecular formula is C17H29N3O. The molecular weight excluding hydrogens is 262 g/mol. The molecule has 118 valence electrons. The van der Waals surface area contributed by atoms with E-state index in [1.165, 1.54) is 18.5 Å². The van der Waals surface area contributed by atoms with Gasteiger partial charge in [0.05, 0.1) is 12.1 Å². The van der Waals surface area contributed by atoms with Gasteiger partial charge >= 0.3 is 0 Å². The molecule has 0 aliphatic carbocycles. The summed E-state index contributed by atoms with van der Waals surface area (Å²) in [5, 5.41) is 0. The van der Waals surface area contributed by atoms with Crippen LogP contribution in [0, 0.1) is 0 Å². The number of hydrogen-bond acceptors (Lipinski definition) is 2. The van der Waals surface area contributed by atoms with Crippen LogP contribution in [0.2, 0.25) is 0 Å². The highest BCUT2D eigenvalue weighted by atomic mass is 16.2. The van der Waals surface area contributed by atoms with E-state index < -0.39 is 0 Å². The number of amides is 1. The summed E-state index contributed by atoms with van der Waals surface area (Å²) in [5.41, 5.74) is 7.37. The Morgan fingerprint density at radius 3 is 2.90 bits per heavy atom. The first-order valence-corrected chi connectivity index (χ1v) is 8.32. The number of aryl methyl sites for hydroxylation is 1. The van der Waals surface area contributed by atoms with Crippen LogP contribution in [-0.2, 0) is 11.8 Å². The summed E-state index contributed by atoms with van der Waals surface area (Å²) in [5.74, 6) is 0.136. The Labute approximate surface area is 128 Å². The molecule has 2 N–H and O–H groups in total. The van der Waals surface area contributed by atoms with E-state index in [0.717, 1.165) is 38.6 Å². The van der Waals surface area contributed by atoms with E-state index in [-0.39, 0.29) is 18.0 Å². The summed E-state index contributed by atoms with van der Waals surface area (Å²) in [7, 11) is 2.06. The van der Waals surface area contributed by atoms with E-state index in [4.69, 9.17) is 5.73 Å². The van der Waals surface area contributed by atoms with Gasteiger partial charge in [0, 0.05) is 25.5 Å². The number of nitrogens with two attached hydrogens (primary N) is 1. The third kappa shape index (κ3) is 3.88. The average molecular weight is 291 g/mol. The van der Waals surface area contributed by atoms with Crippen molar-refractivity contribution in [3.05, 3.63) is 24.0 Å². The smallest absolute Gasteiger partial charge is 0.240 e. The molecule has 1 aliphatic rings. The summed E-state index contributed by atoms with van der Waals surface area (Å²) in [4.78, 5) is 14.8. The summed E-state index contributed by atoms with van der Waals surface area (Å²) in [6, 6.07) is 4.03. The Kier molecular flexibility index (Phi) is 5.85. The molecule has 0 aromatic carbocycles. The van der Waals surface area contributed by atoms with E-state index in [1.54, 1.807) is 0 Å². The highest BCUT2D eigenvalue weighted by molar-refractivity contribution is 5.82. The lowest BCUT2D eigenvalue weighted by molar-refractivity contribution is -0.135. The average Bonchev–Trinajstić information content (AvgIpc) is 2.76. The van der Waals surface area contributed by atoms with Crippen molar-refractivity contribution in [2.45, 2.75) is 64.0 Å². The first-order chi connectivity index (χ1) is 10.1. The molecule has 2 rings (SSSR count). The van der Waals surface area contributed by atoms with E-state index in [0.29, 0.717) is 0 Å². The minimum Gasteiger partial charge on any atom is -0.353 e. The second-order valence-corrected chi connectivity index (χ2v) is 6.19. The van der Waals surface area contributed by atoms with Crippen molar-refractivity contribution < 1.29 is 4.79 Å². The summed E-state index contributed by atoms with van der Waals surface area (Å²) >= 11 is 0. The number of carbonyl (C=O) groups excluding carboxylic acids is 1. The standard InChI is InChI=1S/C17H29N3O/c1-3-4-9-14(18)17(21)20-13-7-5-6-10-16(20)15-11-8-12-19(15)2/h8,11-12,14,16H,3-7,9-10,13,18H2,1-2H3/t14-,16?/m0/s1. The number of nitrogens with zero attached hydrogens (tertiary/aromatic N) is 2. The van der Waals surface area contributed by atoms with E-state index in [2.05, 4.69) is 36.9 Å². The highest BCUT2D eigenvalue weighted by Crippen LogP contribution is 2.30. The van der Waals surface area contributed by atoms with Crippen molar-refractivity contribution in [2.24, 2.45) is 12.8 Å². The van der Waals surface area contributed by atoms with Crippen molar-refractivity contribution in [1.82, 2.24) is 9.47 Å². The fourth-order valence-corrected chi connectivity index (χ4v) is 3.26. The Morgan fingerprint density at radius 1 is 1.43 bits per heavy atom. The van der Waals surface area contributed by atoms with Gasteiger partial charge in [-0.2, -0.15) is 0 Å². The van der Waals surface area contributed by atoms with Gasteiger partial charge in [-0.3, -0.25) is 4.79 Å². The number of aromatic nitrogens is 1. The molecule has 1 aromatic rings. The molecule has 0 radical (unpaired) electrons. The lowest BCUT2D eigenvalue weighted by Gasteiger charge is -2.32. The zero-order chi connectivity index (χ0) is 15.2. The third-order valence-electron chi connectivity index (χ3n) is 4.55. The van der Waals surface area contributed by atoms with E-state index in [1.807, 2.05) is 4.90 Å². The van der Waals surface area contributed by atoms with Crippen LogP contribution in [0.3, 0.4) is 0 Å². The second-order valence-electron chi connectivity index (χ2n) is 6.19. The molecule has 0 spiro atoms. The van der Waals surface area contributed by atoms with Crippen molar-refractivity contribution in [3.8, 4) is 0 Å². The van der Waals surface area contributed by atoms with Crippen LogP contribution in [0.5, 0.6) is 0 Å². The lowest BCUT2D eigenvalue weighted by Crippen LogP contribution is -2.45. The minimum atomic E-state index is -0.342. The van der Waals surface area contributed by atoms with E-state index in [9.17, 15) is 4.79 Å². The Hall–Kier alpha value is -1.29. The Morgan fingerprint density at radius 2 is 2.24 bits per heavy atom. The minimum absolute atomic E-state index is 0.136. The topological polar surface area (TPSA) is 51.3 Å². The van der Waals surface area contributed by atoms with Crippen LogP contribution in [0.25, 0.3) is 0 Å². The molecule has 2 heterocycles. The second kappa shape index (κ2) is 7.64. The van der Waals surface area contributed by atoms with Gasteiger partial charge in [-0.25, -0.2) is 0 Å². The quantitative estimate of drug-likeness (QED) is 0.906. The molecule has 1 saturated heterocycles. The molecule has 2 atom stereocenters. The number of likely N-dealkylation sites (tertiary alicyclic amines) is 1. The Balaban J connectivity index is 2.16. The summed E-state index contributed by atoms with van der Waals surface area (Å²) in [6.07, 6.45) is 9.49. The molecule has 1 aromatic heterocycles. The van der Waals surface area contributed by atoms with Crippen molar-refractivity contribution in [1.29, 1.82) is 0 Å². The third-order valence-corrected chi connectivity index (χ3v) is 4.55. The van der Waals surface area contributed by atoms with Gasteiger partial charge in [0.25, 0.3) is 0 Å². The number of rotatable bonds is 5. The van der Waals surface area contributed by atoms with Gasteiger partial charge in [0.15, 0.2) is 0 Å². The Bertz CT molecular complexity index is 455. The first-order valence-electron chi connectivity index (χ1n) is 8.32. The fourth-order valence-electron chi connectivity index (χ4n) is 3.26. The monoisotopic (exact) mass is 291 g/mol.